The van der Waals surface area contributed by atoms with Crippen LogP contribution in [0.4, 0.5) is 11.4 Å². The van der Waals surface area contributed by atoms with Crippen LogP contribution in [0.15, 0.2) is 71.6 Å². The summed E-state index contributed by atoms with van der Waals surface area (Å²) in [6.07, 6.45) is 1.75. The van der Waals surface area contributed by atoms with E-state index in [2.05, 4.69) is 5.32 Å². The van der Waals surface area contributed by atoms with E-state index in [1.165, 1.54) is 30.9 Å². The third-order valence-corrected chi connectivity index (χ3v) is 6.71. The van der Waals surface area contributed by atoms with Crippen LogP contribution in [0.3, 0.4) is 0 Å². The molecule has 0 aliphatic carbocycles. The zero-order valence-corrected chi connectivity index (χ0v) is 21.7. The van der Waals surface area contributed by atoms with Crippen molar-refractivity contribution in [1.29, 1.82) is 0 Å². The Labute approximate surface area is 223 Å². The summed E-state index contributed by atoms with van der Waals surface area (Å²) in [7, 11) is 3.06. The quantitative estimate of drug-likeness (QED) is 0.286. The molecule has 2 amide bonds. The maximum absolute atomic E-state index is 13.0. The number of para-hydroxylation sites is 2. The molecule has 0 saturated carbocycles. The van der Waals surface area contributed by atoms with Crippen LogP contribution in [0, 0.1) is 0 Å². The molecule has 36 heavy (non-hydrogen) atoms. The maximum atomic E-state index is 13.0. The number of hydrogen-bond donors (Lipinski definition) is 1. The Morgan fingerprint density at radius 2 is 1.78 bits per heavy atom. The molecule has 1 aliphatic rings. The molecule has 4 rings (SSSR count). The molecule has 184 valence electrons. The third kappa shape index (κ3) is 5.81. The van der Waals surface area contributed by atoms with Crippen LogP contribution >= 0.6 is 35.6 Å². The molecule has 7 nitrogen and oxygen atoms in total. The Balaban J connectivity index is 1.38. The predicted molar refractivity (Wildman–Crippen MR) is 147 cm³/mol. The van der Waals surface area contributed by atoms with Gasteiger partial charge in [0.05, 0.1) is 35.5 Å². The lowest BCUT2D eigenvalue weighted by Crippen LogP contribution is -2.27. The minimum Gasteiger partial charge on any atom is -0.495 e. The summed E-state index contributed by atoms with van der Waals surface area (Å²) in [5.74, 6) is 1.05. The molecule has 3 aromatic carbocycles. The first-order valence-corrected chi connectivity index (χ1v) is 12.3. The SMILES string of the molecule is COc1ccc(N2C(=O)C(=Cc3ccc(OCC(=O)Nc4ccccc4OC)cc3)SC2=S)cc1Cl. The van der Waals surface area contributed by atoms with E-state index < -0.39 is 0 Å². The smallest absolute Gasteiger partial charge is 0.270 e. The number of halogens is 1. The maximum Gasteiger partial charge on any atom is 0.270 e. The number of benzene rings is 3. The zero-order chi connectivity index (χ0) is 25.7. The molecule has 3 aromatic rings. The Morgan fingerprint density at radius 3 is 2.47 bits per heavy atom. The third-order valence-electron chi connectivity index (χ3n) is 5.12. The Morgan fingerprint density at radius 1 is 1.06 bits per heavy atom. The Kier molecular flexibility index (Phi) is 8.14. The van der Waals surface area contributed by atoms with Gasteiger partial charge in [-0.1, -0.05) is 59.8 Å². The molecule has 0 bridgehead atoms. The lowest BCUT2D eigenvalue weighted by atomic mass is 10.2. The van der Waals surface area contributed by atoms with Crippen LogP contribution in [0.1, 0.15) is 5.56 Å². The van der Waals surface area contributed by atoms with Crippen LogP contribution in [0.2, 0.25) is 5.02 Å². The standard InChI is InChI=1S/C26H21ClN2O5S2/c1-32-21-12-9-17(14-19(21)27)29-25(31)23(36-26(29)35)13-16-7-10-18(11-8-16)34-15-24(30)28-20-5-3-4-6-22(20)33-2/h3-14H,15H2,1-2H3,(H,28,30). The lowest BCUT2D eigenvalue weighted by molar-refractivity contribution is -0.118. The molecule has 0 unspecified atom stereocenters. The lowest BCUT2D eigenvalue weighted by Gasteiger charge is -2.15. The van der Waals surface area contributed by atoms with Crippen LogP contribution in [-0.4, -0.2) is 37.0 Å². The average Bonchev–Trinajstić information content (AvgIpc) is 3.16. The van der Waals surface area contributed by atoms with Crippen LogP contribution in [0.25, 0.3) is 6.08 Å². The number of carbonyl (C=O) groups is 2. The highest BCUT2D eigenvalue weighted by Crippen LogP contribution is 2.38. The summed E-state index contributed by atoms with van der Waals surface area (Å²) in [5, 5.41) is 3.15. The number of hydrogen-bond acceptors (Lipinski definition) is 7. The molecule has 0 atom stereocenters. The molecule has 1 heterocycles. The van der Waals surface area contributed by atoms with Gasteiger partial charge in [-0.15, -0.1) is 0 Å². The van der Waals surface area contributed by atoms with E-state index >= 15 is 0 Å². The average molecular weight is 541 g/mol. The van der Waals surface area contributed by atoms with Gasteiger partial charge in [-0.3, -0.25) is 14.5 Å². The Bertz CT molecular complexity index is 1340. The summed E-state index contributed by atoms with van der Waals surface area (Å²) >= 11 is 12.8. The molecular formula is C26H21ClN2O5S2. The fourth-order valence-corrected chi connectivity index (χ4v) is 4.93. The van der Waals surface area contributed by atoms with Gasteiger partial charge in [0.2, 0.25) is 0 Å². The van der Waals surface area contributed by atoms with E-state index in [0.717, 1.165) is 5.56 Å². The normalized spacial score (nSPS) is 14.2. The predicted octanol–water partition coefficient (Wildman–Crippen LogP) is 5.78. The summed E-state index contributed by atoms with van der Waals surface area (Å²) in [4.78, 5) is 27.2. The number of nitrogens with one attached hydrogen (secondary N) is 1. The van der Waals surface area contributed by atoms with Gasteiger partial charge in [0.1, 0.15) is 17.2 Å². The van der Waals surface area contributed by atoms with Crippen molar-refractivity contribution in [2.24, 2.45) is 0 Å². The highest BCUT2D eigenvalue weighted by atomic mass is 35.5. The number of nitrogens with zero attached hydrogens (tertiary/aromatic N) is 1. The van der Waals surface area contributed by atoms with Crippen molar-refractivity contribution < 1.29 is 23.8 Å². The summed E-state index contributed by atoms with van der Waals surface area (Å²) < 4.78 is 16.4. The van der Waals surface area contributed by atoms with Gasteiger partial charge in [-0.25, -0.2) is 0 Å². The van der Waals surface area contributed by atoms with Crippen molar-refractivity contribution in [3.8, 4) is 17.2 Å². The summed E-state index contributed by atoms with van der Waals surface area (Å²) in [6, 6.07) is 19.2. The topological polar surface area (TPSA) is 77.1 Å². The number of thioether (sulfide) groups is 1. The van der Waals surface area contributed by atoms with E-state index in [1.807, 2.05) is 6.07 Å². The summed E-state index contributed by atoms with van der Waals surface area (Å²) in [6.45, 7) is -0.166. The fraction of sp³-hybridized carbons (Fsp3) is 0.115. The van der Waals surface area contributed by atoms with Crippen molar-refractivity contribution in [2.45, 2.75) is 0 Å². The first-order valence-electron chi connectivity index (χ1n) is 10.7. The number of methoxy groups -OCH3 is 2. The second-order valence-electron chi connectivity index (χ2n) is 7.44. The van der Waals surface area contributed by atoms with Crippen molar-refractivity contribution in [1.82, 2.24) is 0 Å². The molecule has 0 radical (unpaired) electrons. The van der Waals surface area contributed by atoms with E-state index in [4.69, 9.17) is 38.0 Å². The highest BCUT2D eigenvalue weighted by molar-refractivity contribution is 8.27. The van der Waals surface area contributed by atoms with Crippen LogP contribution < -0.4 is 24.4 Å². The van der Waals surface area contributed by atoms with Gasteiger partial charge in [-0.2, -0.15) is 0 Å². The van der Waals surface area contributed by atoms with Crippen molar-refractivity contribution in [3.63, 3.8) is 0 Å². The molecule has 0 aromatic heterocycles. The van der Waals surface area contributed by atoms with Gasteiger partial charge < -0.3 is 19.5 Å². The second kappa shape index (κ2) is 11.5. The zero-order valence-electron chi connectivity index (χ0n) is 19.3. The first-order chi connectivity index (χ1) is 17.4. The van der Waals surface area contributed by atoms with Crippen LogP contribution in [0.5, 0.6) is 17.2 Å². The number of carbonyl (C=O) groups excluding carboxylic acids is 2. The monoisotopic (exact) mass is 540 g/mol. The Hall–Kier alpha value is -3.53. The van der Waals surface area contributed by atoms with Gasteiger partial charge >= 0.3 is 0 Å². The van der Waals surface area contributed by atoms with Gasteiger partial charge in [0.15, 0.2) is 10.9 Å². The number of thiocarbonyl (C=S) groups is 1. The minimum absolute atomic E-state index is 0.166. The number of amides is 2. The molecule has 1 saturated heterocycles. The van der Waals surface area contributed by atoms with Gasteiger partial charge in [-0.05, 0) is 54.1 Å². The van der Waals surface area contributed by atoms with Crippen molar-refractivity contribution in [3.05, 3.63) is 82.2 Å². The van der Waals surface area contributed by atoms with Crippen LogP contribution in [-0.2, 0) is 9.59 Å². The van der Waals surface area contributed by atoms with Crippen molar-refractivity contribution >= 4 is 69.2 Å². The second-order valence-corrected chi connectivity index (χ2v) is 9.53. The molecule has 1 N–H and O–H groups in total. The van der Waals surface area contributed by atoms with E-state index in [0.29, 0.717) is 42.9 Å². The molecule has 10 heteroatoms. The largest absolute Gasteiger partial charge is 0.495 e. The molecular weight excluding hydrogens is 520 g/mol. The van der Waals surface area contributed by atoms with Gasteiger partial charge in [0, 0.05) is 0 Å². The molecule has 1 aliphatic heterocycles. The van der Waals surface area contributed by atoms with E-state index in [-0.39, 0.29) is 18.4 Å². The minimum atomic E-state index is -0.314. The van der Waals surface area contributed by atoms with E-state index in [9.17, 15) is 9.59 Å². The first kappa shape index (κ1) is 25.6. The highest BCUT2D eigenvalue weighted by Gasteiger charge is 2.33. The molecule has 0 spiro atoms. The van der Waals surface area contributed by atoms with E-state index in [1.54, 1.807) is 66.7 Å². The van der Waals surface area contributed by atoms with Crippen molar-refractivity contribution in [2.75, 3.05) is 31.0 Å². The van der Waals surface area contributed by atoms with Gasteiger partial charge in [0.25, 0.3) is 11.8 Å². The number of ether oxygens (including phenoxy) is 3. The molecule has 1 fully saturated rings. The number of rotatable bonds is 8. The number of anilines is 2. The summed E-state index contributed by atoms with van der Waals surface area (Å²) in [5.41, 5.74) is 1.93. The fourth-order valence-electron chi connectivity index (χ4n) is 3.38.